The lowest BCUT2D eigenvalue weighted by atomic mass is 10.2. The molecule has 5 nitrogen and oxygen atoms in total. The van der Waals surface area contributed by atoms with Crippen LogP contribution in [0.2, 0.25) is 0 Å². The molecule has 1 N–H and O–H groups in total. The van der Waals surface area contributed by atoms with Gasteiger partial charge >= 0.3 is 0 Å². The van der Waals surface area contributed by atoms with Gasteiger partial charge in [-0.15, -0.1) is 0 Å². The Hall–Kier alpha value is -0.720. The number of aliphatic hydroxyl groups excluding tert-OH is 1. The van der Waals surface area contributed by atoms with Crippen molar-refractivity contribution in [2.24, 2.45) is 7.05 Å². The Labute approximate surface area is 113 Å². The Morgan fingerprint density at radius 1 is 1.44 bits per heavy atom. The summed E-state index contributed by atoms with van der Waals surface area (Å²) in [6.45, 7) is 3.85. The van der Waals surface area contributed by atoms with Crippen molar-refractivity contribution >= 4 is 12.2 Å². The van der Waals surface area contributed by atoms with Crippen molar-refractivity contribution in [2.75, 3.05) is 6.54 Å². The van der Waals surface area contributed by atoms with E-state index in [2.05, 4.69) is 16.9 Å². The van der Waals surface area contributed by atoms with Crippen molar-refractivity contribution in [1.82, 2.24) is 19.2 Å². The highest BCUT2D eigenvalue weighted by Gasteiger charge is 2.22. The van der Waals surface area contributed by atoms with E-state index in [9.17, 15) is 5.11 Å². The average Bonchev–Trinajstić information content (AvgIpc) is 2.99. The normalized spacial score (nSPS) is 16.9. The van der Waals surface area contributed by atoms with Crippen LogP contribution in [0.3, 0.4) is 0 Å². The predicted octanol–water partition coefficient (Wildman–Crippen LogP) is 1.67. The molecule has 0 aromatic carbocycles. The molecule has 1 aliphatic carbocycles. The van der Waals surface area contributed by atoms with E-state index in [0.29, 0.717) is 16.6 Å². The maximum atomic E-state index is 9.20. The molecule has 0 spiro atoms. The summed E-state index contributed by atoms with van der Waals surface area (Å²) in [6, 6.07) is 0.663. The summed E-state index contributed by atoms with van der Waals surface area (Å²) in [5.74, 6) is 0.627. The molecule has 0 unspecified atom stereocenters. The number of rotatable bonds is 5. The Morgan fingerprint density at radius 2 is 2.11 bits per heavy atom. The molecule has 0 aliphatic heterocycles. The van der Waals surface area contributed by atoms with Crippen molar-refractivity contribution in [3.8, 4) is 0 Å². The minimum absolute atomic E-state index is 0.0668. The van der Waals surface area contributed by atoms with Gasteiger partial charge in [0.2, 0.25) is 0 Å². The van der Waals surface area contributed by atoms with Crippen molar-refractivity contribution in [3.63, 3.8) is 0 Å². The maximum absolute atomic E-state index is 9.20. The van der Waals surface area contributed by atoms with Gasteiger partial charge in [-0.1, -0.05) is 19.8 Å². The van der Waals surface area contributed by atoms with Crippen LogP contribution in [0.1, 0.15) is 38.4 Å². The molecule has 0 bridgehead atoms. The van der Waals surface area contributed by atoms with E-state index in [-0.39, 0.29) is 6.61 Å². The molecular formula is C12H22N4OS. The van der Waals surface area contributed by atoms with Crippen LogP contribution >= 0.6 is 12.2 Å². The van der Waals surface area contributed by atoms with Crippen LogP contribution in [0.5, 0.6) is 0 Å². The van der Waals surface area contributed by atoms with Crippen LogP contribution in [-0.2, 0) is 20.3 Å². The molecule has 1 heterocycles. The number of aromatic nitrogens is 3. The van der Waals surface area contributed by atoms with Gasteiger partial charge in [-0.3, -0.25) is 4.90 Å². The zero-order valence-corrected chi connectivity index (χ0v) is 12.0. The highest BCUT2D eigenvalue weighted by molar-refractivity contribution is 7.71. The second kappa shape index (κ2) is 5.95. The van der Waals surface area contributed by atoms with Gasteiger partial charge in [-0.2, -0.15) is 5.10 Å². The molecule has 0 radical (unpaired) electrons. The van der Waals surface area contributed by atoms with Gasteiger partial charge in [0.25, 0.3) is 0 Å². The second-order valence-corrected chi connectivity index (χ2v) is 5.27. The lowest BCUT2D eigenvalue weighted by molar-refractivity contribution is 0.151. The average molecular weight is 270 g/mol. The third-order valence-electron chi connectivity index (χ3n) is 3.84. The molecular weight excluding hydrogens is 248 g/mol. The number of nitrogens with zero attached hydrogens (tertiary/aromatic N) is 4. The Kier molecular flexibility index (Phi) is 4.53. The van der Waals surface area contributed by atoms with Crippen LogP contribution in [0, 0.1) is 4.77 Å². The topological polar surface area (TPSA) is 46.2 Å². The molecule has 0 amide bonds. The van der Waals surface area contributed by atoms with Gasteiger partial charge < -0.3 is 9.67 Å². The summed E-state index contributed by atoms with van der Waals surface area (Å²) in [7, 11) is 1.85. The molecule has 1 aromatic rings. The Bertz CT molecular complexity index is 447. The van der Waals surface area contributed by atoms with Gasteiger partial charge in [0.1, 0.15) is 6.61 Å². The van der Waals surface area contributed by atoms with E-state index in [1.54, 1.807) is 4.57 Å². The van der Waals surface area contributed by atoms with Crippen molar-refractivity contribution in [2.45, 2.75) is 51.9 Å². The fraction of sp³-hybridized carbons (Fsp3) is 0.833. The molecule has 18 heavy (non-hydrogen) atoms. The summed E-state index contributed by atoms with van der Waals surface area (Å²) in [5, 5.41) is 13.6. The quantitative estimate of drug-likeness (QED) is 0.827. The molecule has 0 atom stereocenters. The zero-order valence-electron chi connectivity index (χ0n) is 11.2. The van der Waals surface area contributed by atoms with Crippen LogP contribution in [0.25, 0.3) is 0 Å². The van der Waals surface area contributed by atoms with Crippen molar-refractivity contribution < 1.29 is 5.11 Å². The van der Waals surface area contributed by atoms with E-state index < -0.39 is 0 Å². The maximum Gasteiger partial charge on any atom is 0.198 e. The van der Waals surface area contributed by atoms with E-state index in [0.717, 1.165) is 13.2 Å². The Morgan fingerprint density at radius 3 is 2.61 bits per heavy atom. The fourth-order valence-electron chi connectivity index (χ4n) is 2.68. The predicted molar refractivity (Wildman–Crippen MR) is 72.6 cm³/mol. The van der Waals surface area contributed by atoms with E-state index in [4.69, 9.17) is 12.2 Å². The monoisotopic (exact) mass is 270 g/mol. The van der Waals surface area contributed by atoms with Gasteiger partial charge in [0, 0.05) is 13.1 Å². The summed E-state index contributed by atoms with van der Waals surface area (Å²) in [4.78, 5) is 2.43. The SMILES string of the molecule is CCN(Cn1nc(CO)n(C)c1=S)C1CCCC1. The van der Waals surface area contributed by atoms with E-state index >= 15 is 0 Å². The lowest BCUT2D eigenvalue weighted by Gasteiger charge is -2.26. The van der Waals surface area contributed by atoms with Crippen molar-refractivity contribution in [3.05, 3.63) is 10.6 Å². The first kappa shape index (κ1) is 13.7. The molecule has 1 saturated carbocycles. The first-order valence-corrected chi connectivity index (χ1v) is 7.05. The van der Waals surface area contributed by atoms with Gasteiger partial charge in [0.05, 0.1) is 6.67 Å². The molecule has 1 aromatic heterocycles. The third kappa shape index (κ3) is 2.65. The third-order valence-corrected chi connectivity index (χ3v) is 4.32. The lowest BCUT2D eigenvalue weighted by Crippen LogP contribution is -2.35. The van der Waals surface area contributed by atoms with E-state index in [1.165, 1.54) is 25.7 Å². The Balaban J connectivity index is 2.14. The first-order valence-electron chi connectivity index (χ1n) is 6.65. The van der Waals surface area contributed by atoms with Crippen molar-refractivity contribution in [1.29, 1.82) is 0 Å². The van der Waals surface area contributed by atoms with Gasteiger partial charge in [0.15, 0.2) is 10.6 Å². The standard InChI is InChI=1S/C12H22N4OS/c1-3-15(10-6-4-5-7-10)9-16-12(18)14(2)11(8-17)13-16/h10,17H,3-9H2,1-2H3. The van der Waals surface area contributed by atoms with Crippen LogP contribution in [-0.4, -0.2) is 36.9 Å². The smallest absolute Gasteiger partial charge is 0.198 e. The zero-order chi connectivity index (χ0) is 13.1. The molecule has 0 saturated heterocycles. The summed E-state index contributed by atoms with van der Waals surface area (Å²) in [5.41, 5.74) is 0. The van der Waals surface area contributed by atoms with E-state index in [1.807, 2.05) is 11.7 Å². The highest BCUT2D eigenvalue weighted by Crippen LogP contribution is 2.23. The van der Waals surface area contributed by atoms with Crippen LogP contribution < -0.4 is 0 Å². The summed E-state index contributed by atoms with van der Waals surface area (Å²) in [6.07, 6.45) is 5.22. The summed E-state index contributed by atoms with van der Waals surface area (Å²) < 4.78 is 4.27. The molecule has 1 aliphatic rings. The fourth-order valence-corrected chi connectivity index (χ4v) is 2.88. The summed E-state index contributed by atoms with van der Waals surface area (Å²) >= 11 is 5.35. The molecule has 1 fully saturated rings. The first-order chi connectivity index (χ1) is 8.67. The molecule has 102 valence electrons. The van der Waals surface area contributed by atoms with Crippen LogP contribution in [0.4, 0.5) is 0 Å². The number of aliphatic hydroxyl groups is 1. The molecule has 6 heteroatoms. The highest BCUT2D eigenvalue weighted by atomic mass is 32.1. The minimum Gasteiger partial charge on any atom is -0.388 e. The number of hydrogen-bond donors (Lipinski definition) is 1. The minimum atomic E-state index is -0.0668. The number of hydrogen-bond acceptors (Lipinski definition) is 4. The second-order valence-electron chi connectivity index (χ2n) is 4.90. The van der Waals surface area contributed by atoms with Gasteiger partial charge in [-0.25, -0.2) is 4.68 Å². The van der Waals surface area contributed by atoms with Gasteiger partial charge in [-0.05, 0) is 31.6 Å². The van der Waals surface area contributed by atoms with Crippen LogP contribution in [0.15, 0.2) is 0 Å². The molecule has 2 rings (SSSR count). The largest absolute Gasteiger partial charge is 0.388 e.